The third kappa shape index (κ3) is 2.58. The lowest BCUT2D eigenvalue weighted by Gasteiger charge is -2.07. The highest BCUT2D eigenvalue weighted by atomic mass is 79.9. The van der Waals surface area contributed by atoms with Crippen molar-refractivity contribution in [1.29, 1.82) is 0 Å². The van der Waals surface area contributed by atoms with E-state index in [4.69, 9.17) is 16.3 Å². The number of benzene rings is 1. The van der Waals surface area contributed by atoms with Gasteiger partial charge < -0.3 is 4.74 Å². The number of pyridine rings is 1. The molecule has 1 aromatic heterocycles. The Bertz CT molecular complexity index is 586. The molecule has 5 heteroatoms. The number of ether oxygens (including phenoxy) is 1. The summed E-state index contributed by atoms with van der Waals surface area (Å²) in [4.78, 5) is 15.3. The Morgan fingerprint density at radius 3 is 2.94 bits per heavy atom. The number of aromatic nitrogens is 1. The molecule has 0 N–H and O–H groups in total. The Labute approximate surface area is 112 Å². The number of nitrogens with zero attached hydrogens (tertiary/aromatic N) is 1. The lowest BCUT2D eigenvalue weighted by Crippen LogP contribution is -2.05. The normalized spacial score (nSPS) is 10.5. The Kier molecular flexibility index (Phi) is 3.64. The first-order valence-electron chi connectivity index (χ1n) is 5.05. The van der Waals surface area contributed by atoms with Crippen LogP contribution >= 0.6 is 27.5 Å². The molecule has 0 fully saturated rings. The number of hydrogen-bond acceptors (Lipinski definition) is 3. The van der Waals surface area contributed by atoms with Crippen LogP contribution in [0.3, 0.4) is 0 Å². The van der Waals surface area contributed by atoms with Gasteiger partial charge in [0.2, 0.25) is 0 Å². The van der Waals surface area contributed by atoms with E-state index >= 15 is 0 Å². The summed E-state index contributed by atoms with van der Waals surface area (Å²) in [5, 5.41) is 2.20. The third-order valence-corrected chi connectivity index (χ3v) is 3.20. The molecule has 1 heterocycles. The lowest BCUT2D eigenvalue weighted by molar-refractivity contribution is -0.134. The van der Waals surface area contributed by atoms with E-state index < -0.39 is 0 Å². The number of halogens is 2. The summed E-state index contributed by atoms with van der Waals surface area (Å²) >= 11 is 9.43. The Morgan fingerprint density at radius 2 is 2.24 bits per heavy atom. The van der Waals surface area contributed by atoms with Gasteiger partial charge in [0, 0.05) is 34.1 Å². The molecule has 2 rings (SSSR count). The molecular formula is C12H9BrClNO2. The molecule has 2 aromatic rings. The number of carbonyl (C=O) groups excluding carboxylic acids is 1. The minimum Gasteiger partial charge on any atom is -0.425 e. The van der Waals surface area contributed by atoms with Crippen LogP contribution in [-0.4, -0.2) is 11.0 Å². The summed E-state index contributed by atoms with van der Waals surface area (Å²) in [6.45, 7) is 1.73. The molecule has 0 aliphatic heterocycles. The predicted octanol–water partition coefficient (Wildman–Crippen LogP) is 3.97. The average Bonchev–Trinajstić information content (AvgIpc) is 2.31. The van der Waals surface area contributed by atoms with Crippen LogP contribution in [0.15, 0.2) is 29.0 Å². The van der Waals surface area contributed by atoms with Crippen LogP contribution < -0.4 is 4.74 Å². The van der Waals surface area contributed by atoms with Gasteiger partial charge in [0.05, 0.1) is 5.02 Å². The molecule has 0 radical (unpaired) electrons. The second-order valence-electron chi connectivity index (χ2n) is 3.45. The highest BCUT2D eigenvalue weighted by molar-refractivity contribution is 9.10. The number of fused-ring (bicyclic) bond motifs is 1. The second-order valence-corrected chi connectivity index (χ2v) is 4.71. The van der Waals surface area contributed by atoms with Crippen LogP contribution in [-0.2, 0) is 4.79 Å². The van der Waals surface area contributed by atoms with Gasteiger partial charge in [-0.3, -0.25) is 9.78 Å². The monoisotopic (exact) mass is 313 g/mol. The van der Waals surface area contributed by atoms with E-state index in [2.05, 4.69) is 20.9 Å². The second kappa shape index (κ2) is 5.02. The van der Waals surface area contributed by atoms with Crippen LogP contribution in [0.1, 0.15) is 13.3 Å². The summed E-state index contributed by atoms with van der Waals surface area (Å²) in [5.74, 6) is 0.0642. The molecule has 0 bridgehead atoms. The van der Waals surface area contributed by atoms with Crippen molar-refractivity contribution in [2.75, 3.05) is 0 Å². The average molecular weight is 315 g/mol. The van der Waals surface area contributed by atoms with Crippen molar-refractivity contribution in [2.45, 2.75) is 13.3 Å². The molecule has 3 nitrogen and oxygen atoms in total. The summed E-state index contributed by atoms with van der Waals surface area (Å²) in [6.07, 6.45) is 3.70. The van der Waals surface area contributed by atoms with Gasteiger partial charge in [-0.1, -0.05) is 18.5 Å². The highest BCUT2D eigenvalue weighted by Gasteiger charge is 2.09. The van der Waals surface area contributed by atoms with E-state index in [1.54, 1.807) is 31.5 Å². The van der Waals surface area contributed by atoms with Crippen LogP contribution in [0.5, 0.6) is 5.75 Å². The van der Waals surface area contributed by atoms with Crippen molar-refractivity contribution in [1.82, 2.24) is 4.98 Å². The van der Waals surface area contributed by atoms with Crippen molar-refractivity contribution in [2.24, 2.45) is 0 Å². The first-order valence-corrected chi connectivity index (χ1v) is 6.22. The maximum absolute atomic E-state index is 11.2. The maximum atomic E-state index is 11.2. The van der Waals surface area contributed by atoms with Gasteiger partial charge in [0.1, 0.15) is 5.75 Å². The van der Waals surface area contributed by atoms with Crippen molar-refractivity contribution >= 4 is 44.3 Å². The van der Waals surface area contributed by atoms with Gasteiger partial charge in [0.25, 0.3) is 0 Å². The number of carbonyl (C=O) groups is 1. The summed E-state index contributed by atoms with van der Waals surface area (Å²) in [6, 6.07) is 3.46. The molecule has 1 aromatic carbocycles. The SMILES string of the molecule is CCC(=O)Oc1cc2c(Br)cncc2cc1Cl. The topological polar surface area (TPSA) is 39.2 Å². The Balaban J connectivity index is 2.54. The molecule has 88 valence electrons. The van der Waals surface area contributed by atoms with Crippen LogP contribution in [0.4, 0.5) is 0 Å². The molecule has 0 atom stereocenters. The van der Waals surface area contributed by atoms with Gasteiger partial charge >= 0.3 is 5.97 Å². The summed E-state index contributed by atoms with van der Waals surface area (Å²) < 4.78 is 5.98. The molecule has 0 aliphatic rings. The zero-order chi connectivity index (χ0) is 12.4. The summed E-state index contributed by atoms with van der Waals surface area (Å²) in [5.41, 5.74) is 0. The number of hydrogen-bond donors (Lipinski definition) is 0. The molecule has 0 aliphatic carbocycles. The largest absolute Gasteiger partial charge is 0.425 e. The van der Waals surface area contributed by atoms with E-state index in [9.17, 15) is 4.79 Å². The first kappa shape index (κ1) is 12.3. The fourth-order valence-electron chi connectivity index (χ4n) is 1.41. The van der Waals surface area contributed by atoms with E-state index in [1.807, 2.05) is 0 Å². The molecule has 0 spiro atoms. The third-order valence-electron chi connectivity index (χ3n) is 2.28. The molecule has 17 heavy (non-hydrogen) atoms. The van der Waals surface area contributed by atoms with Crippen LogP contribution in [0.2, 0.25) is 5.02 Å². The van der Waals surface area contributed by atoms with Gasteiger partial charge in [0.15, 0.2) is 0 Å². The molecule has 0 saturated heterocycles. The van der Waals surface area contributed by atoms with Crippen LogP contribution in [0, 0.1) is 0 Å². The van der Waals surface area contributed by atoms with Crippen molar-refractivity contribution in [3.63, 3.8) is 0 Å². The lowest BCUT2D eigenvalue weighted by atomic mass is 10.2. The molecule has 0 unspecified atom stereocenters. The number of esters is 1. The van der Waals surface area contributed by atoms with E-state index in [0.29, 0.717) is 17.2 Å². The van der Waals surface area contributed by atoms with E-state index in [1.165, 1.54) is 0 Å². The van der Waals surface area contributed by atoms with Crippen LogP contribution in [0.25, 0.3) is 10.8 Å². The molecule has 0 saturated carbocycles. The first-order chi connectivity index (χ1) is 8.11. The predicted molar refractivity (Wildman–Crippen MR) is 70.4 cm³/mol. The van der Waals surface area contributed by atoms with Gasteiger partial charge in [-0.25, -0.2) is 0 Å². The maximum Gasteiger partial charge on any atom is 0.310 e. The number of rotatable bonds is 2. The Morgan fingerprint density at radius 1 is 1.47 bits per heavy atom. The van der Waals surface area contributed by atoms with Crippen molar-refractivity contribution in [3.8, 4) is 5.75 Å². The fraction of sp³-hybridized carbons (Fsp3) is 0.167. The van der Waals surface area contributed by atoms with Gasteiger partial charge in [-0.05, 0) is 28.1 Å². The van der Waals surface area contributed by atoms with Gasteiger partial charge in [-0.2, -0.15) is 0 Å². The van der Waals surface area contributed by atoms with Gasteiger partial charge in [-0.15, -0.1) is 0 Å². The zero-order valence-electron chi connectivity index (χ0n) is 9.04. The van der Waals surface area contributed by atoms with Crippen molar-refractivity contribution in [3.05, 3.63) is 34.0 Å². The zero-order valence-corrected chi connectivity index (χ0v) is 11.4. The standard InChI is InChI=1S/C12H9BrClNO2/c1-2-12(16)17-11-4-8-7(3-10(11)14)5-15-6-9(8)13/h3-6H,2H2,1H3. The minimum atomic E-state index is -0.309. The molecular weight excluding hydrogens is 305 g/mol. The highest BCUT2D eigenvalue weighted by Crippen LogP contribution is 2.33. The quantitative estimate of drug-likeness (QED) is 0.622. The fourth-order valence-corrected chi connectivity index (χ4v) is 2.08. The minimum absolute atomic E-state index is 0.309. The van der Waals surface area contributed by atoms with Crippen molar-refractivity contribution < 1.29 is 9.53 Å². The smallest absolute Gasteiger partial charge is 0.310 e. The van der Waals surface area contributed by atoms with E-state index in [-0.39, 0.29) is 5.97 Å². The van der Waals surface area contributed by atoms with E-state index in [0.717, 1.165) is 15.2 Å². The molecule has 0 amide bonds. The Hall–Kier alpha value is -1.13. The summed E-state index contributed by atoms with van der Waals surface area (Å²) in [7, 11) is 0.